The molecular weight excluding hydrogens is 257 g/mol. The number of benzene rings is 1. The lowest BCUT2D eigenvalue weighted by atomic mass is 10.1. The van der Waals surface area contributed by atoms with Crippen molar-refractivity contribution in [3.8, 4) is 0 Å². The number of anilines is 2. The van der Waals surface area contributed by atoms with Crippen molar-refractivity contribution in [3.63, 3.8) is 0 Å². The molecule has 0 atom stereocenters. The van der Waals surface area contributed by atoms with Gasteiger partial charge in [-0.15, -0.1) is 0 Å². The van der Waals surface area contributed by atoms with Gasteiger partial charge in [0.2, 0.25) is 0 Å². The Balaban J connectivity index is 2.41. The van der Waals surface area contributed by atoms with Crippen LogP contribution in [0.25, 0.3) is 0 Å². The van der Waals surface area contributed by atoms with Crippen LogP contribution in [-0.2, 0) is 0 Å². The Hall–Kier alpha value is -2.43. The first-order valence-electron chi connectivity index (χ1n) is 6.32. The average molecular weight is 273 g/mol. The number of amides is 1. The zero-order valence-corrected chi connectivity index (χ0v) is 11.4. The lowest BCUT2D eigenvalue weighted by Gasteiger charge is -2.22. The van der Waals surface area contributed by atoms with Crippen molar-refractivity contribution < 1.29 is 9.18 Å². The molecule has 0 saturated heterocycles. The first kappa shape index (κ1) is 14.0. The largest absolute Gasteiger partial charge is 0.397 e. The summed E-state index contributed by atoms with van der Waals surface area (Å²) in [6.07, 6.45) is 1.50. The van der Waals surface area contributed by atoms with Crippen molar-refractivity contribution in [1.82, 2.24) is 4.98 Å². The molecule has 0 unspecified atom stereocenters. The quantitative estimate of drug-likeness (QED) is 0.935. The summed E-state index contributed by atoms with van der Waals surface area (Å²) in [5.74, 6) is -0.619. The highest BCUT2D eigenvalue weighted by Crippen LogP contribution is 2.20. The van der Waals surface area contributed by atoms with E-state index in [1.165, 1.54) is 23.2 Å². The van der Waals surface area contributed by atoms with Crippen molar-refractivity contribution >= 4 is 17.3 Å². The van der Waals surface area contributed by atoms with E-state index >= 15 is 0 Å². The van der Waals surface area contributed by atoms with Crippen LogP contribution >= 0.6 is 0 Å². The van der Waals surface area contributed by atoms with Crippen LogP contribution < -0.4 is 10.6 Å². The summed E-state index contributed by atoms with van der Waals surface area (Å²) in [7, 11) is 0. The molecule has 1 heterocycles. The molecule has 1 aromatic carbocycles. The van der Waals surface area contributed by atoms with Crippen molar-refractivity contribution in [3.05, 3.63) is 53.6 Å². The second kappa shape index (κ2) is 5.69. The van der Waals surface area contributed by atoms with Crippen molar-refractivity contribution in [1.29, 1.82) is 0 Å². The molecule has 0 aliphatic carbocycles. The smallest absolute Gasteiger partial charge is 0.260 e. The van der Waals surface area contributed by atoms with Crippen molar-refractivity contribution in [2.75, 3.05) is 17.2 Å². The molecule has 20 heavy (non-hydrogen) atoms. The van der Waals surface area contributed by atoms with Crippen LogP contribution in [0.1, 0.15) is 23.0 Å². The van der Waals surface area contributed by atoms with E-state index < -0.39 is 0 Å². The second-order valence-electron chi connectivity index (χ2n) is 4.43. The molecule has 104 valence electrons. The third kappa shape index (κ3) is 2.77. The minimum absolute atomic E-state index is 0.240. The van der Waals surface area contributed by atoms with E-state index in [0.717, 1.165) is 0 Å². The number of halogens is 1. The number of hydrogen-bond donors (Lipinski definition) is 1. The predicted octanol–water partition coefficient (Wildman–Crippen LogP) is 2.78. The molecule has 1 amide bonds. The first-order chi connectivity index (χ1) is 9.52. The number of nitrogens with two attached hydrogens (primary N) is 1. The van der Waals surface area contributed by atoms with Gasteiger partial charge in [-0.25, -0.2) is 4.39 Å². The number of rotatable bonds is 3. The van der Waals surface area contributed by atoms with E-state index in [1.54, 1.807) is 25.1 Å². The monoisotopic (exact) mass is 273 g/mol. The maximum absolute atomic E-state index is 13.3. The molecule has 2 rings (SSSR count). The van der Waals surface area contributed by atoms with Crippen LogP contribution in [0.15, 0.2) is 36.5 Å². The minimum Gasteiger partial charge on any atom is -0.397 e. The van der Waals surface area contributed by atoms with Gasteiger partial charge in [-0.3, -0.25) is 9.78 Å². The van der Waals surface area contributed by atoms with Gasteiger partial charge >= 0.3 is 0 Å². The van der Waals surface area contributed by atoms with Crippen LogP contribution in [0.3, 0.4) is 0 Å². The lowest BCUT2D eigenvalue weighted by molar-refractivity contribution is 0.0987. The Morgan fingerprint density at radius 1 is 1.40 bits per heavy atom. The number of carbonyl (C=O) groups excluding carboxylic acids is 1. The zero-order valence-electron chi connectivity index (χ0n) is 11.4. The van der Waals surface area contributed by atoms with Gasteiger partial charge in [0.05, 0.1) is 23.1 Å². The average Bonchev–Trinajstić information content (AvgIpc) is 2.42. The summed E-state index contributed by atoms with van der Waals surface area (Å²) in [6.45, 7) is 4.00. The van der Waals surface area contributed by atoms with Gasteiger partial charge in [0.25, 0.3) is 5.91 Å². The Kier molecular flexibility index (Phi) is 3.98. The van der Waals surface area contributed by atoms with E-state index in [2.05, 4.69) is 4.98 Å². The molecule has 0 aliphatic heterocycles. The van der Waals surface area contributed by atoms with E-state index in [0.29, 0.717) is 29.2 Å². The number of aromatic nitrogens is 1. The van der Waals surface area contributed by atoms with Gasteiger partial charge in [-0.05, 0) is 38.1 Å². The fraction of sp³-hybridized carbons (Fsp3) is 0.200. The SMILES string of the molecule is CCN(C(=O)c1cc(N)cnc1C)c1cccc(F)c1. The van der Waals surface area contributed by atoms with Gasteiger partial charge in [0.1, 0.15) is 5.82 Å². The van der Waals surface area contributed by atoms with E-state index in [9.17, 15) is 9.18 Å². The summed E-state index contributed by atoms with van der Waals surface area (Å²) in [4.78, 5) is 18.1. The Bertz CT molecular complexity index is 643. The number of hydrogen-bond acceptors (Lipinski definition) is 3. The molecule has 0 fully saturated rings. The number of nitrogen functional groups attached to an aromatic ring is 1. The molecule has 5 heteroatoms. The predicted molar refractivity (Wildman–Crippen MR) is 77.1 cm³/mol. The number of nitrogens with zero attached hydrogens (tertiary/aromatic N) is 2. The molecule has 0 saturated carbocycles. The molecular formula is C15H16FN3O. The van der Waals surface area contributed by atoms with E-state index in [-0.39, 0.29) is 11.7 Å². The zero-order chi connectivity index (χ0) is 14.7. The Morgan fingerprint density at radius 3 is 2.80 bits per heavy atom. The summed E-state index contributed by atoms with van der Waals surface area (Å²) in [5.41, 5.74) is 7.64. The number of aryl methyl sites for hydroxylation is 1. The third-order valence-electron chi connectivity index (χ3n) is 3.02. The molecule has 0 aliphatic rings. The number of carbonyl (C=O) groups is 1. The molecule has 4 nitrogen and oxygen atoms in total. The molecule has 0 radical (unpaired) electrons. The standard InChI is InChI=1S/C15H16FN3O/c1-3-19(13-6-4-5-11(16)7-13)15(20)14-8-12(17)9-18-10(14)2/h4-9H,3,17H2,1-2H3. The molecule has 2 N–H and O–H groups in total. The van der Waals surface area contributed by atoms with E-state index in [4.69, 9.17) is 5.73 Å². The van der Waals surface area contributed by atoms with Crippen molar-refractivity contribution in [2.45, 2.75) is 13.8 Å². The first-order valence-corrected chi connectivity index (χ1v) is 6.32. The highest BCUT2D eigenvalue weighted by Gasteiger charge is 2.19. The summed E-state index contributed by atoms with van der Waals surface area (Å²) < 4.78 is 13.3. The Labute approximate surface area is 117 Å². The van der Waals surface area contributed by atoms with Crippen LogP contribution in [0, 0.1) is 12.7 Å². The molecule has 0 spiro atoms. The topological polar surface area (TPSA) is 59.2 Å². The lowest BCUT2D eigenvalue weighted by Crippen LogP contribution is -2.31. The summed E-state index contributed by atoms with van der Waals surface area (Å²) >= 11 is 0. The normalized spacial score (nSPS) is 10.3. The molecule has 0 bridgehead atoms. The maximum Gasteiger partial charge on any atom is 0.260 e. The van der Waals surface area contributed by atoms with Gasteiger partial charge in [0, 0.05) is 12.2 Å². The van der Waals surface area contributed by atoms with Gasteiger partial charge in [0.15, 0.2) is 0 Å². The fourth-order valence-electron chi connectivity index (χ4n) is 2.00. The third-order valence-corrected chi connectivity index (χ3v) is 3.02. The van der Waals surface area contributed by atoms with Gasteiger partial charge in [-0.1, -0.05) is 6.07 Å². The highest BCUT2D eigenvalue weighted by atomic mass is 19.1. The van der Waals surface area contributed by atoms with Crippen LogP contribution in [0.4, 0.5) is 15.8 Å². The van der Waals surface area contributed by atoms with Crippen LogP contribution in [-0.4, -0.2) is 17.4 Å². The maximum atomic E-state index is 13.3. The highest BCUT2D eigenvalue weighted by molar-refractivity contribution is 6.07. The summed E-state index contributed by atoms with van der Waals surface area (Å²) in [6, 6.07) is 7.53. The van der Waals surface area contributed by atoms with E-state index in [1.807, 2.05) is 6.92 Å². The van der Waals surface area contributed by atoms with Crippen LogP contribution in [0.5, 0.6) is 0 Å². The molecule has 2 aromatic rings. The fourth-order valence-corrected chi connectivity index (χ4v) is 2.00. The van der Waals surface area contributed by atoms with Gasteiger partial charge in [-0.2, -0.15) is 0 Å². The Morgan fingerprint density at radius 2 is 2.15 bits per heavy atom. The molecule has 1 aromatic heterocycles. The second-order valence-corrected chi connectivity index (χ2v) is 4.43. The summed E-state index contributed by atoms with van der Waals surface area (Å²) in [5, 5.41) is 0. The van der Waals surface area contributed by atoms with Gasteiger partial charge < -0.3 is 10.6 Å². The number of pyridine rings is 1. The van der Waals surface area contributed by atoms with Crippen LogP contribution in [0.2, 0.25) is 0 Å². The van der Waals surface area contributed by atoms with Crippen molar-refractivity contribution in [2.24, 2.45) is 0 Å². The minimum atomic E-state index is -0.379.